The predicted octanol–water partition coefficient (Wildman–Crippen LogP) is 4.06. The van der Waals surface area contributed by atoms with Crippen LogP contribution in [-0.2, 0) is 5.75 Å². The van der Waals surface area contributed by atoms with E-state index in [4.69, 9.17) is 17.0 Å². The van der Waals surface area contributed by atoms with Gasteiger partial charge in [0.1, 0.15) is 28.8 Å². The normalized spacial score (nSPS) is 17.8. The highest BCUT2D eigenvalue weighted by atomic mass is 32.2. The maximum absolute atomic E-state index is 9.98. The summed E-state index contributed by atoms with van der Waals surface area (Å²) < 4.78 is 5.89. The van der Waals surface area contributed by atoms with Crippen LogP contribution in [0.25, 0.3) is 16.0 Å². The second-order valence-electron chi connectivity index (χ2n) is 7.15. The van der Waals surface area contributed by atoms with Gasteiger partial charge < -0.3 is 20.6 Å². The molecule has 2 atom stereocenters. The fourth-order valence-electron chi connectivity index (χ4n) is 3.61. The second-order valence-corrected chi connectivity index (χ2v) is 8.12. The Morgan fingerprint density at radius 2 is 2.16 bits per heavy atom. The summed E-state index contributed by atoms with van der Waals surface area (Å²) in [6, 6.07) is 9.35. The average molecular weight is 433 g/mol. The summed E-state index contributed by atoms with van der Waals surface area (Å²) in [5.41, 5.74) is 8.49. The van der Waals surface area contributed by atoms with E-state index in [0.717, 1.165) is 25.0 Å². The fraction of sp³-hybridized carbons (Fsp3) is 0.273. The Labute approximate surface area is 183 Å². The van der Waals surface area contributed by atoms with Crippen molar-refractivity contribution in [1.29, 1.82) is 5.26 Å². The summed E-state index contributed by atoms with van der Waals surface area (Å²) in [5, 5.41) is 20.3. The molecule has 9 heteroatoms. The van der Waals surface area contributed by atoms with E-state index in [9.17, 15) is 10.4 Å². The number of nitriles is 1. The number of aromatic amines is 1. The van der Waals surface area contributed by atoms with Crippen molar-refractivity contribution in [2.24, 2.45) is 0 Å². The molecule has 1 aliphatic rings. The number of aliphatic hydroxyl groups excluding tert-OH is 1. The van der Waals surface area contributed by atoms with E-state index < -0.39 is 6.10 Å². The van der Waals surface area contributed by atoms with Gasteiger partial charge in [0.05, 0.1) is 30.3 Å². The third kappa shape index (κ3) is 4.33. The molecule has 0 unspecified atom stereocenters. The molecule has 0 bridgehead atoms. The Bertz CT molecular complexity index is 1150. The lowest BCUT2D eigenvalue weighted by molar-refractivity contribution is 0.0604. The van der Waals surface area contributed by atoms with Crippen molar-refractivity contribution in [2.75, 3.05) is 5.73 Å². The van der Waals surface area contributed by atoms with E-state index in [1.807, 2.05) is 0 Å². The van der Waals surface area contributed by atoms with E-state index in [1.165, 1.54) is 11.8 Å². The highest BCUT2D eigenvalue weighted by Crippen LogP contribution is 2.42. The molecule has 1 saturated carbocycles. The number of pyridine rings is 1. The molecule has 0 aliphatic heterocycles. The first-order valence-corrected chi connectivity index (χ1v) is 10.8. The Hall–Kier alpha value is -3.53. The zero-order valence-electron chi connectivity index (χ0n) is 16.6. The van der Waals surface area contributed by atoms with Gasteiger partial charge in [0.15, 0.2) is 0 Å². The van der Waals surface area contributed by atoms with Gasteiger partial charge in [-0.3, -0.25) is 0 Å². The molecule has 0 amide bonds. The topological polar surface area (TPSA) is 125 Å². The Kier molecular flexibility index (Phi) is 6.08. The molecule has 0 spiro atoms. The van der Waals surface area contributed by atoms with E-state index in [1.54, 1.807) is 36.8 Å². The average Bonchev–Trinajstić information content (AvgIpc) is 3.44. The summed E-state index contributed by atoms with van der Waals surface area (Å²) in [7, 11) is 0. The first kappa shape index (κ1) is 20.7. The van der Waals surface area contributed by atoms with Gasteiger partial charge >= 0.3 is 0 Å². The summed E-state index contributed by atoms with van der Waals surface area (Å²) in [5.74, 6) is 1.23. The molecule has 3 aromatic rings. The molecule has 4 rings (SSSR count). The van der Waals surface area contributed by atoms with Crippen LogP contribution in [0.4, 0.5) is 11.5 Å². The second kappa shape index (κ2) is 9.09. The minimum Gasteiger partial charge on any atom is -0.488 e. The Morgan fingerprint density at radius 3 is 2.77 bits per heavy atom. The third-order valence-electron chi connectivity index (χ3n) is 5.15. The van der Waals surface area contributed by atoms with Crippen LogP contribution in [0.3, 0.4) is 0 Å². The van der Waals surface area contributed by atoms with Gasteiger partial charge in [0.25, 0.3) is 0 Å². The number of rotatable bonds is 6. The third-order valence-corrected chi connectivity index (χ3v) is 6.16. The number of ether oxygens (including phenoxy) is 1. The van der Waals surface area contributed by atoms with Gasteiger partial charge in [0, 0.05) is 17.5 Å². The first-order chi connectivity index (χ1) is 15.1. The fourth-order valence-corrected chi connectivity index (χ4v) is 4.50. The molecule has 0 radical (unpaired) electrons. The number of nitrogen functional groups attached to an aromatic ring is 1. The van der Waals surface area contributed by atoms with Crippen LogP contribution < -0.4 is 10.5 Å². The molecule has 1 fully saturated rings. The van der Waals surface area contributed by atoms with Crippen LogP contribution in [-0.4, -0.2) is 32.3 Å². The minimum atomic E-state index is -0.451. The number of imidazole rings is 1. The van der Waals surface area contributed by atoms with Crippen molar-refractivity contribution < 1.29 is 9.84 Å². The number of aromatic nitrogens is 3. The number of anilines is 1. The van der Waals surface area contributed by atoms with E-state index in [0.29, 0.717) is 33.2 Å². The molecule has 0 saturated heterocycles. The molecule has 1 aromatic carbocycles. The molecule has 1 aliphatic carbocycles. The van der Waals surface area contributed by atoms with Gasteiger partial charge in [-0.25, -0.2) is 14.8 Å². The smallest absolute Gasteiger partial charge is 0.236 e. The zero-order valence-corrected chi connectivity index (χ0v) is 17.4. The number of nitrogens with one attached hydrogen (secondary N) is 1. The maximum Gasteiger partial charge on any atom is 0.236 e. The molecule has 31 heavy (non-hydrogen) atoms. The molecule has 2 heterocycles. The zero-order chi connectivity index (χ0) is 21.8. The van der Waals surface area contributed by atoms with Gasteiger partial charge in [-0.1, -0.05) is 23.9 Å². The molecule has 2 aromatic heterocycles. The predicted molar refractivity (Wildman–Crippen MR) is 117 cm³/mol. The summed E-state index contributed by atoms with van der Waals surface area (Å²) in [6.07, 6.45) is 5.22. The number of nitrogens with zero attached hydrogens (tertiary/aromatic N) is 4. The Morgan fingerprint density at radius 1 is 1.35 bits per heavy atom. The maximum atomic E-state index is 9.98. The van der Waals surface area contributed by atoms with Gasteiger partial charge in [-0.05, 0) is 37.0 Å². The number of benzene rings is 1. The van der Waals surface area contributed by atoms with E-state index in [2.05, 4.69) is 25.9 Å². The van der Waals surface area contributed by atoms with Crippen LogP contribution in [0.5, 0.6) is 5.75 Å². The SMILES string of the molecule is [C-]#[N+]c1c(N)nc(SCc2c[nH]cn2)c(C#N)c1-c1ccc(O[C@H]2CCC[C@@H]2O)cc1. The quantitative estimate of drug-likeness (QED) is 0.396. The summed E-state index contributed by atoms with van der Waals surface area (Å²) in [6.45, 7) is 7.57. The van der Waals surface area contributed by atoms with Crippen molar-refractivity contribution in [3.8, 4) is 22.9 Å². The van der Waals surface area contributed by atoms with Crippen LogP contribution >= 0.6 is 11.8 Å². The summed E-state index contributed by atoms with van der Waals surface area (Å²) in [4.78, 5) is 14.9. The van der Waals surface area contributed by atoms with Crippen LogP contribution in [0, 0.1) is 17.9 Å². The number of hydrogen-bond donors (Lipinski definition) is 3. The lowest BCUT2D eigenvalue weighted by Gasteiger charge is -2.18. The van der Waals surface area contributed by atoms with Gasteiger partial charge in [-0.15, -0.1) is 0 Å². The molecule has 156 valence electrons. The first-order valence-electron chi connectivity index (χ1n) is 9.77. The van der Waals surface area contributed by atoms with Crippen molar-refractivity contribution in [1.82, 2.24) is 15.0 Å². The molecular formula is C22H20N6O2S. The lowest BCUT2D eigenvalue weighted by atomic mass is 10.00. The van der Waals surface area contributed by atoms with Crippen LogP contribution in [0.1, 0.15) is 30.5 Å². The summed E-state index contributed by atoms with van der Waals surface area (Å²) >= 11 is 1.34. The molecule has 8 nitrogen and oxygen atoms in total. The van der Waals surface area contributed by atoms with Gasteiger partial charge in [0.2, 0.25) is 5.69 Å². The Balaban J connectivity index is 1.67. The number of aliphatic hydroxyl groups is 1. The van der Waals surface area contributed by atoms with Gasteiger partial charge in [-0.2, -0.15) is 5.26 Å². The lowest BCUT2D eigenvalue weighted by Crippen LogP contribution is -2.25. The number of nitrogens with two attached hydrogens (primary N) is 1. The number of hydrogen-bond acceptors (Lipinski definition) is 7. The highest BCUT2D eigenvalue weighted by Gasteiger charge is 2.27. The van der Waals surface area contributed by atoms with E-state index in [-0.39, 0.29) is 17.6 Å². The largest absolute Gasteiger partial charge is 0.488 e. The minimum absolute atomic E-state index is 0.0860. The number of H-pyrrole nitrogens is 1. The van der Waals surface area contributed by atoms with Crippen LogP contribution in [0.2, 0.25) is 0 Å². The van der Waals surface area contributed by atoms with Crippen LogP contribution in [0.15, 0.2) is 41.8 Å². The molecule has 4 N–H and O–H groups in total. The van der Waals surface area contributed by atoms with Crippen molar-refractivity contribution >= 4 is 23.3 Å². The standard InChI is InChI=1S/C22H20N6O2S/c1-25-20-19(13-5-7-15(8-6-13)30-18-4-2-3-17(18)29)16(9-23)22(28-21(20)24)31-11-14-10-26-12-27-14/h5-8,10,12,17-18,29H,2-4,11H2,(H2,24,28)(H,26,27)/t17-,18-/m0/s1. The highest BCUT2D eigenvalue weighted by molar-refractivity contribution is 7.98. The van der Waals surface area contributed by atoms with E-state index >= 15 is 0 Å². The van der Waals surface area contributed by atoms with Crippen molar-refractivity contribution in [3.05, 3.63) is 59.5 Å². The van der Waals surface area contributed by atoms with Crippen molar-refractivity contribution in [2.45, 2.75) is 42.2 Å². The monoisotopic (exact) mass is 432 g/mol. The number of thioether (sulfide) groups is 1. The molecular weight excluding hydrogens is 412 g/mol. The van der Waals surface area contributed by atoms with Crippen molar-refractivity contribution in [3.63, 3.8) is 0 Å².